The van der Waals surface area contributed by atoms with Gasteiger partial charge in [-0.25, -0.2) is 4.98 Å². The molecule has 214 valence electrons. The van der Waals surface area contributed by atoms with Crippen molar-refractivity contribution in [3.63, 3.8) is 0 Å². The second kappa shape index (κ2) is 13.1. The SMILES string of the molecule is CCN(CC)CCNCc1cc2c3ccccc3n(Cc3ccccc3)c2c(-c2cc(OC)c(OC)c(OC)c2)n1. The number of benzene rings is 3. The van der Waals surface area contributed by atoms with E-state index in [1.165, 1.54) is 21.9 Å². The number of rotatable bonds is 13. The van der Waals surface area contributed by atoms with E-state index in [2.05, 4.69) is 89.3 Å². The van der Waals surface area contributed by atoms with Crippen LogP contribution in [0.2, 0.25) is 0 Å². The van der Waals surface area contributed by atoms with Gasteiger partial charge in [0.05, 0.1) is 38.2 Å². The molecule has 2 aromatic heterocycles. The maximum atomic E-state index is 5.73. The highest BCUT2D eigenvalue weighted by Crippen LogP contribution is 2.43. The third kappa shape index (κ3) is 5.87. The number of hydrogen-bond acceptors (Lipinski definition) is 6. The topological polar surface area (TPSA) is 60.8 Å². The van der Waals surface area contributed by atoms with Crippen molar-refractivity contribution in [3.05, 3.63) is 84.1 Å². The van der Waals surface area contributed by atoms with E-state index in [-0.39, 0.29) is 0 Å². The van der Waals surface area contributed by atoms with Crippen molar-refractivity contribution in [3.8, 4) is 28.5 Å². The van der Waals surface area contributed by atoms with Crippen LogP contribution in [-0.4, -0.2) is 62.0 Å². The molecule has 5 rings (SSSR count). The predicted octanol–water partition coefficient (Wildman–Crippen LogP) is 6.36. The number of fused-ring (bicyclic) bond motifs is 3. The molecular weight excluding hydrogens is 512 g/mol. The van der Waals surface area contributed by atoms with Gasteiger partial charge < -0.3 is 29.0 Å². The lowest BCUT2D eigenvalue weighted by Crippen LogP contribution is -2.31. The van der Waals surface area contributed by atoms with E-state index >= 15 is 0 Å². The minimum Gasteiger partial charge on any atom is -0.493 e. The second-order valence-corrected chi connectivity index (χ2v) is 10.1. The Kier molecular flexibility index (Phi) is 9.07. The van der Waals surface area contributed by atoms with E-state index < -0.39 is 0 Å². The summed E-state index contributed by atoms with van der Waals surface area (Å²) in [6.45, 7) is 9.81. The van der Waals surface area contributed by atoms with Gasteiger partial charge in [-0.05, 0) is 42.9 Å². The number of nitrogens with one attached hydrogen (secondary N) is 1. The van der Waals surface area contributed by atoms with Crippen LogP contribution < -0.4 is 19.5 Å². The van der Waals surface area contributed by atoms with E-state index in [1.54, 1.807) is 21.3 Å². The van der Waals surface area contributed by atoms with Crippen LogP contribution in [0.1, 0.15) is 25.1 Å². The molecule has 0 bridgehead atoms. The summed E-state index contributed by atoms with van der Waals surface area (Å²) in [5, 5.41) is 6.01. The smallest absolute Gasteiger partial charge is 0.203 e. The highest BCUT2D eigenvalue weighted by Gasteiger charge is 2.21. The molecule has 0 aliphatic carbocycles. The number of likely N-dealkylation sites (N-methyl/N-ethyl adjacent to an activating group) is 1. The molecule has 0 aliphatic heterocycles. The molecule has 3 aromatic carbocycles. The molecule has 0 aliphatic rings. The Labute approximate surface area is 242 Å². The molecule has 7 nitrogen and oxygen atoms in total. The summed E-state index contributed by atoms with van der Waals surface area (Å²) in [4.78, 5) is 7.70. The van der Waals surface area contributed by atoms with E-state index in [0.29, 0.717) is 23.8 Å². The number of methoxy groups -OCH3 is 3. The molecule has 0 radical (unpaired) electrons. The summed E-state index contributed by atoms with van der Waals surface area (Å²) in [7, 11) is 4.91. The van der Waals surface area contributed by atoms with Crippen LogP contribution in [0.3, 0.4) is 0 Å². The van der Waals surface area contributed by atoms with Crippen molar-refractivity contribution >= 4 is 21.8 Å². The van der Waals surface area contributed by atoms with E-state index in [0.717, 1.165) is 55.2 Å². The largest absolute Gasteiger partial charge is 0.493 e. The maximum absolute atomic E-state index is 5.73. The minimum atomic E-state index is 0.564. The van der Waals surface area contributed by atoms with Gasteiger partial charge in [-0.15, -0.1) is 0 Å². The molecule has 2 heterocycles. The van der Waals surface area contributed by atoms with Crippen molar-refractivity contribution < 1.29 is 14.2 Å². The van der Waals surface area contributed by atoms with E-state index in [1.807, 2.05) is 12.1 Å². The number of hydrogen-bond donors (Lipinski definition) is 1. The molecule has 1 N–H and O–H groups in total. The van der Waals surface area contributed by atoms with Gasteiger partial charge in [0.15, 0.2) is 11.5 Å². The maximum Gasteiger partial charge on any atom is 0.203 e. The van der Waals surface area contributed by atoms with Gasteiger partial charge in [-0.1, -0.05) is 62.4 Å². The molecule has 0 unspecified atom stereocenters. The van der Waals surface area contributed by atoms with Gasteiger partial charge in [0.1, 0.15) is 0 Å². The lowest BCUT2D eigenvalue weighted by atomic mass is 10.0. The van der Waals surface area contributed by atoms with Crippen molar-refractivity contribution in [1.82, 2.24) is 19.8 Å². The number of pyridine rings is 1. The number of para-hydroxylation sites is 1. The third-order valence-electron chi connectivity index (χ3n) is 7.73. The second-order valence-electron chi connectivity index (χ2n) is 10.1. The zero-order valence-electron chi connectivity index (χ0n) is 24.7. The van der Waals surface area contributed by atoms with Crippen LogP contribution in [0.25, 0.3) is 33.1 Å². The fourth-order valence-corrected chi connectivity index (χ4v) is 5.56. The zero-order valence-corrected chi connectivity index (χ0v) is 24.7. The molecule has 0 saturated heterocycles. The van der Waals surface area contributed by atoms with Gasteiger partial charge in [0.25, 0.3) is 0 Å². The summed E-state index contributed by atoms with van der Waals surface area (Å²) in [6, 6.07) is 25.4. The fraction of sp³-hybridized carbons (Fsp3) is 0.324. The van der Waals surface area contributed by atoms with Gasteiger partial charge in [-0.3, -0.25) is 0 Å². The van der Waals surface area contributed by atoms with Crippen LogP contribution in [0.15, 0.2) is 72.8 Å². The van der Waals surface area contributed by atoms with Crippen LogP contribution in [0.4, 0.5) is 0 Å². The monoisotopic (exact) mass is 552 g/mol. The fourth-order valence-electron chi connectivity index (χ4n) is 5.56. The summed E-state index contributed by atoms with van der Waals surface area (Å²) < 4.78 is 19.5. The number of nitrogens with zero attached hydrogens (tertiary/aromatic N) is 3. The lowest BCUT2D eigenvalue weighted by Gasteiger charge is -2.18. The van der Waals surface area contributed by atoms with E-state index in [4.69, 9.17) is 19.2 Å². The third-order valence-corrected chi connectivity index (χ3v) is 7.73. The Morgan fingerprint density at radius 1 is 0.805 bits per heavy atom. The first-order valence-electron chi connectivity index (χ1n) is 14.3. The zero-order chi connectivity index (χ0) is 28.8. The van der Waals surface area contributed by atoms with Crippen molar-refractivity contribution in [2.24, 2.45) is 0 Å². The van der Waals surface area contributed by atoms with Gasteiger partial charge in [0.2, 0.25) is 5.75 Å². The first-order chi connectivity index (χ1) is 20.1. The quantitative estimate of drug-likeness (QED) is 0.172. The Bertz CT molecular complexity index is 1580. The molecule has 0 amide bonds. The average Bonchev–Trinajstić information content (AvgIpc) is 3.33. The molecule has 41 heavy (non-hydrogen) atoms. The summed E-state index contributed by atoms with van der Waals surface area (Å²) in [5.74, 6) is 1.77. The highest BCUT2D eigenvalue weighted by molar-refractivity contribution is 6.12. The van der Waals surface area contributed by atoms with Gasteiger partial charge in [-0.2, -0.15) is 0 Å². The Balaban J connectivity index is 1.70. The predicted molar refractivity (Wildman–Crippen MR) is 167 cm³/mol. The van der Waals surface area contributed by atoms with Crippen LogP contribution in [-0.2, 0) is 13.1 Å². The number of ether oxygens (including phenoxy) is 3. The highest BCUT2D eigenvalue weighted by atomic mass is 16.5. The van der Waals surface area contributed by atoms with Crippen molar-refractivity contribution in [2.75, 3.05) is 47.5 Å². The molecule has 0 saturated carbocycles. The number of aromatic nitrogens is 2. The minimum absolute atomic E-state index is 0.564. The normalized spacial score (nSPS) is 11.5. The first-order valence-corrected chi connectivity index (χ1v) is 14.3. The van der Waals surface area contributed by atoms with E-state index in [9.17, 15) is 0 Å². The van der Waals surface area contributed by atoms with Crippen LogP contribution >= 0.6 is 0 Å². The molecule has 5 aromatic rings. The summed E-state index contributed by atoms with van der Waals surface area (Å²) in [5.41, 5.74) is 6.27. The van der Waals surface area contributed by atoms with Crippen molar-refractivity contribution in [2.45, 2.75) is 26.9 Å². The first kappa shape index (κ1) is 28.5. The Morgan fingerprint density at radius 2 is 1.49 bits per heavy atom. The molecule has 0 atom stereocenters. The van der Waals surface area contributed by atoms with Crippen LogP contribution in [0, 0.1) is 0 Å². The molecule has 0 spiro atoms. The lowest BCUT2D eigenvalue weighted by molar-refractivity contribution is 0.302. The Morgan fingerprint density at radius 3 is 2.15 bits per heavy atom. The van der Waals surface area contributed by atoms with Gasteiger partial charge >= 0.3 is 0 Å². The summed E-state index contributed by atoms with van der Waals surface area (Å²) in [6.07, 6.45) is 0. The average molecular weight is 553 g/mol. The summed E-state index contributed by atoms with van der Waals surface area (Å²) >= 11 is 0. The molecular formula is C34H40N4O3. The standard InChI is InChI=1S/C34H40N4O3/c1-6-37(7-2)18-17-35-22-26-21-28-27-15-11-12-16-29(27)38(23-24-13-9-8-10-14-24)33(28)32(36-26)25-19-30(39-3)34(41-5)31(20-25)40-4/h8-16,19-21,35H,6-7,17-18,22-23H2,1-5H3. The van der Waals surface area contributed by atoms with Crippen molar-refractivity contribution in [1.29, 1.82) is 0 Å². The van der Waals surface area contributed by atoms with Gasteiger partial charge in [0, 0.05) is 48.0 Å². The van der Waals surface area contributed by atoms with Crippen LogP contribution in [0.5, 0.6) is 17.2 Å². The Hall–Kier alpha value is -4.07. The molecule has 0 fully saturated rings. The molecule has 7 heteroatoms.